The van der Waals surface area contributed by atoms with E-state index in [1.54, 1.807) is 0 Å². The number of amidine groups is 1. The van der Waals surface area contributed by atoms with Gasteiger partial charge in [0.15, 0.2) is 0 Å². The van der Waals surface area contributed by atoms with Gasteiger partial charge in [0.2, 0.25) is 0 Å². The molecule has 0 spiro atoms. The van der Waals surface area contributed by atoms with Crippen LogP contribution in [0.15, 0.2) is 4.99 Å². The molecule has 0 aliphatic carbocycles. The molecule has 0 bridgehead atoms. The van der Waals surface area contributed by atoms with E-state index in [9.17, 15) is 0 Å². The van der Waals surface area contributed by atoms with Crippen molar-refractivity contribution in [1.29, 1.82) is 0 Å². The predicted octanol–water partition coefficient (Wildman–Crippen LogP) is 0.606. The van der Waals surface area contributed by atoms with Gasteiger partial charge in [-0.15, -0.1) is 23.9 Å². The van der Waals surface area contributed by atoms with Crippen molar-refractivity contribution in [2.45, 2.75) is 6.42 Å². The summed E-state index contributed by atoms with van der Waals surface area (Å²) in [6, 6.07) is 0. The third kappa shape index (κ3) is 5.19. The fourth-order valence-corrected chi connectivity index (χ4v) is 0.391. The molecule has 0 atom stereocenters. The van der Waals surface area contributed by atoms with Gasteiger partial charge >= 0.3 is 0 Å². The summed E-state index contributed by atoms with van der Waals surface area (Å²) < 4.78 is 0. The fraction of sp³-hybridized carbons (Fsp3) is 0.500. The minimum atomic E-state index is 0.282. The summed E-state index contributed by atoms with van der Waals surface area (Å²) in [4.78, 5) is 3.85. The summed E-state index contributed by atoms with van der Waals surface area (Å²) in [5, 5.41) is 0. The highest BCUT2D eigenvalue weighted by Crippen LogP contribution is 1.80. The summed E-state index contributed by atoms with van der Waals surface area (Å²) in [6.07, 6.45) is 5.59. The Morgan fingerprint density at radius 1 is 1.78 bits per heavy atom. The summed E-state index contributed by atoms with van der Waals surface area (Å²) in [7, 11) is 0. The Kier molecular flexibility index (Phi) is 5.04. The Labute approximate surface area is 60.1 Å². The Morgan fingerprint density at radius 3 is 2.89 bits per heavy atom. The Bertz CT molecular complexity index is 134. The van der Waals surface area contributed by atoms with Crippen LogP contribution in [-0.2, 0) is 0 Å². The number of hydrogen-bond acceptors (Lipinski definition) is 1. The standard InChI is InChI=1S/C6H9ClN2/c1-2-3-4-9-6(8)5-7/h1H,3-5H2,(H2,8,9). The minimum absolute atomic E-state index is 0.282. The van der Waals surface area contributed by atoms with Crippen LogP contribution in [0, 0.1) is 12.3 Å². The molecule has 0 saturated heterocycles. The van der Waals surface area contributed by atoms with E-state index >= 15 is 0 Å². The molecule has 0 aromatic carbocycles. The van der Waals surface area contributed by atoms with Crippen molar-refractivity contribution in [3.63, 3.8) is 0 Å². The molecule has 0 amide bonds. The third-order valence-electron chi connectivity index (χ3n) is 0.708. The van der Waals surface area contributed by atoms with Gasteiger partial charge < -0.3 is 5.73 Å². The van der Waals surface area contributed by atoms with Gasteiger partial charge in [-0.3, -0.25) is 4.99 Å². The second-order valence-electron chi connectivity index (χ2n) is 1.46. The highest BCUT2D eigenvalue weighted by atomic mass is 35.5. The van der Waals surface area contributed by atoms with Crippen molar-refractivity contribution in [2.24, 2.45) is 10.7 Å². The zero-order valence-corrected chi connectivity index (χ0v) is 5.86. The van der Waals surface area contributed by atoms with E-state index in [0.717, 1.165) is 0 Å². The molecule has 0 aliphatic heterocycles. The monoisotopic (exact) mass is 144 g/mol. The quantitative estimate of drug-likeness (QED) is 0.204. The molecule has 0 saturated carbocycles. The van der Waals surface area contributed by atoms with E-state index in [-0.39, 0.29) is 5.88 Å². The van der Waals surface area contributed by atoms with Gasteiger partial charge in [0, 0.05) is 6.42 Å². The van der Waals surface area contributed by atoms with E-state index in [1.165, 1.54) is 0 Å². The predicted molar refractivity (Wildman–Crippen MR) is 40.7 cm³/mol. The first-order valence-corrected chi connectivity index (χ1v) is 3.13. The van der Waals surface area contributed by atoms with Crippen LogP contribution >= 0.6 is 11.6 Å². The van der Waals surface area contributed by atoms with Gasteiger partial charge in [0.05, 0.1) is 12.4 Å². The average Bonchev–Trinajstić information content (AvgIpc) is 1.89. The molecule has 0 fully saturated rings. The molecule has 2 N–H and O–H groups in total. The van der Waals surface area contributed by atoms with Crippen LogP contribution in [0.4, 0.5) is 0 Å². The fourth-order valence-electron chi connectivity index (χ4n) is 0.306. The number of terminal acetylenes is 1. The molecule has 0 rings (SSSR count). The van der Waals surface area contributed by atoms with Gasteiger partial charge in [-0.25, -0.2) is 0 Å². The maximum Gasteiger partial charge on any atom is 0.109 e. The average molecular weight is 145 g/mol. The molecule has 0 aliphatic rings. The number of aliphatic imine (C=N–C) groups is 1. The van der Waals surface area contributed by atoms with Crippen LogP contribution < -0.4 is 5.73 Å². The number of nitrogens with two attached hydrogens (primary N) is 1. The molecular weight excluding hydrogens is 136 g/mol. The van der Waals surface area contributed by atoms with Crippen LogP contribution in [-0.4, -0.2) is 18.3 Å². The molecule has 0 unspecified atom stereocenters. The van der Waals surface area contributed by atoms with Crippen molar-refractivity contribution in [1.82, 2.24) is 0 Å². The number of hydrogen-bond donors (Lipinski definition) is 1. The van der Waals surface area contributed by atoms with Gasteiger partial charge in [-0.05, 0) is 0 Å². The smallest absolute Gasteiger partial charge is 0.109 e. The van der Waals surface area contributed by atoms with Gasteiger partial charge in [0.25, 0.3) is 0 Å². The number of nitrogens with zero attached hydrogens (tertiary/aromatic N) is 1. The Morgan fingerprint density at radius 2 is 2.44 bits per heavy atom. The molecular formula is C6H9ClN2. The first kappa shape index (κ1) is 8.32. The van der Waals surface area contributed by atoms with E-state index < -0.39 is 0 Å². The summed E-state index contributed by atoms with van der Waals surface area (Å²) >= 11 is 5.32. The zero-order chi connectivity index (χ0) is 7.11. The topological polar surface area (TPSA) is 38.4 Å². The second kappa shape index (κ2) is 5.46. The lowest BCUT2D eigenvalue weighted by atomic mass is 10.4. The minimum Gasteiger partial charge on any atom is -0.386 e. The van der Waals surface area contributed by atoms with Crippen molar-refractivity contribution in [3.8, 4) is 12.3 Å². The number of halogens is 1. The van der Waals surface area contributed by atoms with E-state index in [2.05, 4.69) is 10.9 Å². The van der Waals surface area contributed by atoms with Crippen molar-refractivity contribution < 1.29 is 0 Å². The van der Waals surface area contributed by atoms with Crippen molar-refractivity contribution in [2.75, 3.05) is 12.4 Å². The molecule has 0 aromatic rings. The molecule has 50 valence electrons. The molecule has 9 heavy (non-hydrogen) atoms. The Hall–Kier alpha value is -0.680. The Balaban J connectivity index is 3.35. The van der Waals surface area contributed by atoms with Gasteiger partial charge in [-0.2, -0.15) is 0 Å². The number of alkyl halides is 1. The second-order valence-corrected chi connectivity index (χ2v) is 1.73. The van der Waals surface area contributed by atoms with Crippen LogP contribution in [0.3, 0.4) is 0 Å². The first-order chi connectivity index (χ1) is 4.31. The largest absolute Gasteiger partial charge is 0.386 e. The van der Waals surface area contributed by atoms with Crippen molar-refractivity contribution in [3.05, 3.63) is 0 Å². The normalized spacial score (nSPS) is 10.9. The SMILES string of the molecule is C#CCCN=C(N)CCl. The molecule has 0 radical (unpaired) electrons. The summed E-state index contributed by atoms with van der Waals surface area (Å²) in [5.74, 6) is 3.17. The van der Waals surface area contributed by atoms with Crippen LogP contribution in [0.5, 0.6) is 0 Å². The lowest BCUT2D eigenvalue weighted by Crippen LogP contribution is -2.13. The third-order valence-corrected chi connectivity index (χ3v) is 0.982. The van der Waals surface area contributed by atoms with E-state index in [4.69, 9.17) is 23.8 Å². The highest BCUT2D eigenvalue weighted by Gasteiger charge is 1.84. The van der Waals surface area contributed by atoms with E-state index in [1.807, 2.05) is 0 Å². The lowest BCUT2D eigenvalue weighted by Gasteiger charge is -1.90. The molecule has 0 heterocycles. The van der Waals surface area contributed by atoms with Crippen molar-refractivity contribution >= 4 is 17.4 Å². The van der Waals surface area contributed by atoms with Crippen LogP contribution in [0.1, 0.15) is 6.42 Å². The first-order valence-electron chi connectivity index (χ1n) is 2.59. The summed E-state index contributed by atoms with van der Waals surface area (Å²) in [5.41, 5.74) is 5.26. The maximum absolute atomic E-state index is 5.32. The maximum atomic E-state index is 5.32. The highest BCUT2D eigenvalue weighted by molar-refractivity contribution is 6.27. The summed E-state index contributed by atoms with van der Waals surface area (Å²) in [6.45, 7) is 0.578. The number of rotatable bonds is 3. The van der Waals surface area contributed by atoms with Gasteiger partial charge in [0.1, 0.15) is 5.84 Å². The van der Waals surface area contributed by atoms with Crippen LogP contribution in [0.2, 0.25) is 0 Å². The van der Waals surface area contributed by atoms with Gasteiger partial charge in [-0.1, -0.05) is 0 Å². The lowest BCUT2D eigenvalue weighted by molar-refractivity contribution is 1.03. The molecule has 3 heteroatoms. The molecule has 2 nitrogen and oxygen atoms in total. The zero-order valence-electron chi connectivity index (χ0n) is 5.10. The van der Waals surface area contributed by atoms with E-state index in [0.29, 0.717) is 18.8 Å². The molecule has 0 aromatic heterocycles. The van der Waals surface area contributed by atoms with Crippen LogP contribution in [0.25, 0.3) is 0 Å².